The minimum atomic E-state index is 0.176. The molecule has 3 nitrogen and oxygen atoms in total. The number of nitrogens with zero attached hydrogens (tertiary/aromatic N) is 2. The molecule has 0 saturated heterocycles. The summed E-state index contributed by atoms with van der Waals surface area (Å²) >= 11 is 5.89. The third-order valence-electron chi connectivity index (χ3n) is 3.58. The van der Waals surface area contributed by atoms with Crippen LogP contribution in [0.2, 0.25) is 5.02 Å². The van der Waals surface area contributed by atoms with Gasteiger partial charge in [0.15, 0.2) is 0 Å². The predicted octanol–water partition coefficient (Wildman–Crippen LogP) is 3.03. The molecule has 0 aliphatic carbocycles. The molecular formula is C16H21ClN2O. The van der Waals surface area contributed by atoms with Crippen molar-refractivity contribution in [1.29, 1.82) is 0 Å². The maximum atomic E-state index is 9.60. The Morgan fingerprint density at radius 2 is 1.95 bits per heavy atom. The summed E-state index contributed by atoms with van der Waals surface area (Å²) in [6.45, 7) is 2.28. The lowest BCUT2D eigenvalue weighted by atomic mass is 9.95. The highest BCUT2D eigenvalue weighted by Gasteiger charge is 2.13. The average molecular weight is 293 g/mol. The second kappa shape index (κ2) is 6.91. The van der Waals surface area contributed by atoms with Gasteiger partial charge < -0.3 is 5.11 Å². The fraction of sp³-hybridized carbons (Fsp3) is 0.438. The number of aliphatic hydroxyl groups is 1. The summed E-state index contributed by atoms with van der Waals surface area (Å²) < 4.78 is 1.92. The average Bonchev–Trinajstić information content (AvgIpc) is 2.81. The molecule has 0 spiro atoms. The van der Waals surface area contributed by atoms with E-state index in [2.05, 4.69) is 18.1 Å². The molecule has 108 valence electrons. The van der Waals surface area contributed by atoms with Crippen molar-refractivity contribution in [3.8, 4) is 0 Å². The normalized spacial score (nSPS) is 12.6. The molecule has 1 aromatic carbocycles. The largest absolute Gasteiger partial charge is 0.396 e. The lowest BCUT2D eigenvalue weighted by Crippen LogP contribution is -2.15. The number of aryl methyl sites for hydroxylation is 2. The molecule has 2 aromatic rings. The van der Waals surface area contributed by atoms with E-state index in [0.717, 1.165) is 30.0 Å². The summed E-state index contributed by atoms with van der Waals surface area (Å²) in [5, 5.41) is 14.8. The highest BCUT2D eigenvalue weighted by molar-refractivity contribution is 6.30. The number of aliphatic hydroxyl groups excluding tert-OH is 1. The summed E-state index contributed by atoms with van der Waals surface area (Å²) in [6.07, 6.45) is 2.62. The van der Waals surface area contributed by atoms with Gasteiger partial charge in [-0.25, -0.2) is 0 Å². The monoisotopic (exact) mass is 292 g/mol. The van der Waals surface area contributed by atoms with Gasteiger partial charge in [-0.15, -0.1) is 0 Å². The van der Waals surface area contributed by atoms with E-state index in [1.807, 2.05) is 36.0 Å². The molecule has 0 aliphatic heterocycles. The van der Waals surface area contributed by atoms with Gasteiger partial charge in [0.05, 0.1) is 5.69 Å². The number of hydrogen-bond acceptors (Lipinski definition) is 2. The Morgan fingerprint density at radius 1 is 1.25 bits per heavy atom. The third-order valence-corrected chi connectivity index (χ3v) is 3.84. The van der Waals surface area contributed by atoms with Crippen molar-refractivity contribution in [2.45, 2.75) is 26.2 Å². The minimum absolute atomic E-state index is 0.176. The molecule has 2 rings (SSSR count). The lowest BCUT2D eigenvalue weighted by molar-refractivity contribution is 0.223. The van der Waals surface area contributed by atoms with Crippen molar-refractivity contribution in [1.82, 2.24) is 9.78 Å². The smallest absolute Gasteiger partial charge is 0.0624 e. The van der Waals surface area contributed by atoms with Crippen LogP contribution in [0.5, 0.6) is 0 Å². The third kappa shape index (κ3) is 3.84. The van der Waals surface area contributed by atoms with E-state index >= 15 is 0 Å². The molecule has 1 atom stereocenters. The van der Waals surface area contributed by atoms with Crippen molar-refractivity contribution in [2.75, 3.05) is 6.61 Å². The van der Waals surface area contributed by atoms with Crippen LogP contribution in [0.4, 0.5) is 0 Å². The second-order valence-corrected chi connectivity index (χ2v) is 5.62. The van der Waals surface area contributed by atoms with Gasteiger partial charge in [0.1, 0.15) is 0 Å². The molecule has 0 bridgehead atoms. The Bertz CT molecular complexity index is 548. The van der Waals surface area contributed by atoms with Gasteiger partial charge >= 0.3 is 0 Å². The first kappa shape index (κ1) is 15.1. The molecule has 0 fully saturated rings. The van der Waals surface area contributed by atoms with Crippen molar-refractivity contribution in [2.24, 2.45) is 13.0 Å². The predicted molar refractivity (Wildman–Crippen MR) is 82.0 cm³/mol. The highest BCUT2D eigenvalue weighted by Crippen LogP contribution is 2.17. The molecule has 0 aliphatic rings. The molecule has 1 aromatic heterocycles. The molecule has 0 amide bonds. The van der Waals surface area contributed by atoms with E-state index in [1.165, 1.54) is 11.3 Å². The van der Waals surface area contributed by atoms with Crippen LogP contribution < -0.4 is 0 Å². The van der Waals surface area contributed by atoms with E-state index in [0.29, 0.717) is 0 Å². The maximum absolute atomic E-state index is 9.60. The van der Waals surface area contributed by atoms with Crippen molar-refractivity contribution < 1.29 is 5.11 Å². The van der Waals surface area contributed by atoms with Crippen LogP contribution in [0.25, 0.3) is 0 Å². The first-order valence-electron chi connectivity index (χ1n) is 6.99. The molecule has 1 heterocycles. The number of rotatable bonds is 6. The first-order chi connectivity index (χ1) is 9.62. The fourth-order valence-electron chi connectivity index (χ4n) is 2.39. The molecule has 4 heteroatoms. The van der Waals surface area contributed by atoms with Crippen LogP contribution in [-0.2, 0) is 26.3 Å². The van der Waals surface area contributed by atoms with Crippen LogP contribution in [0.15, 0.2) is 30.3 Å². The lowest BCUT2D eigenvalue weighted by Gasteiger charge is -2.14. The van der Waals surface area contributed by atoms with Crippen LogP contribution in [-0.4, -0.2) is 21.5 Å². The van der Waals surface area contributed by atoms with Crippen LogP contribution in [0.1, 0.15) is 23.9 Å². The van der Waals surface area contributed by atoms with Crippen molar-refractivity contribution >= 4 is 11.6 Å². The van der Waals surface area contributed by atoms with E-state index in [1.54, 1.807) is 0 Å². The van der Waals surface area contributed by atoms with E-state index in [-0.39, 0.29) is 12.5 Å². The van der Waals surface area contributed by atoms with Crippen LogP contribution in [0, 0.1) is 5.92 Å². The quantitative estimate of drug-likeness (QED) is 0.889. The summed E-state index contributed by atoms with van der Waals surface area (Å²) in [5.41, 5.74) is 3.48. The van der Waals surface area contributed by atoms with Crippen LogP contribution in [0.3, 0.4) is 0 Å². The molecule has 0 saturated carbocycles. The molecular weight excluding hydrogens is 272 g/mol. The zero-order chi connectivity index (χ0) is 14.5. The zero-order valence-electron chi connectivity index (χ0n) is 12.0. The maximum Gasteiger partial charge on any atom is 0.0624 e. The van der Waals surface area contributed by atoms with Crippen molar-refractivity contribution in [3.63, 3.8) is 0 Å². The Hall–Kier alpha value is -1.32. The summed E-state index contributed by atoms with van der Waals surface area (Å²) in [6, 6.07) is 9.96. The number of halogens is 1. The first-order valence-corrected chi connectivity index (χ1v) is 7.37. The minimum Gasteiger partial charge on any atom is -0.396 e. The molecule has 0 radical (unpaired) electrons. The van der Waals surface area contributed by atoms with Crippen molar-refractivity contribution in [3.05, 3.63) is 52.3 Å². The van der Waals surface area contributed by atoms with Gasteiger partial charge in [0, 0.05) is 24.4 Å². The summed E-state index contributed by atoms with van der Waals surface area (Å²) in [4.78, 5) is 0. The molecule has 1 N–H and O–H groups in total. The number of aromatic nitrogens is 2. The van der Waals surface area contributed by atoms with E-state index in [4.69, 9.17) is 11.6 Å². The standard InChI is InChI=1S/C16H21ClN2O/c1-3-15-10-16(19(2)18-15)9-13(11-20)8-12-4-6-14(17)7-5-12/h4-7,10,13,20H,3,8-9,11H2,1-2H3. The Labute approximate surface area is 125 Å². The Kier molecular flexibility index (Phi) is 5.21. The van der Waals surface area contributed by atoms with E-state index in [9.17, 15) is 5.11 Å². The van der Waals surface area contributed by atoms with Gasteiger partial charge in [-0.2, -0.15) is 5.10 Å². The summed E-state index contributed by atoms with van der Waals surface area (Å²) in [7, 11) is 1.96. The number of hydrogen-bond donors (Lipinski definition) is 1. The Morgan fingerprint density at radius 3 is 2.50 bits per heavy atom. The van der Waals surface area contributed by atoms with E-state index < -0.39 is 0 Å². The van der Waals surface area contributed by atoms with Gasteiger partial charge in [-0.1, -0.05) is 30.7 Å². The topological polar surface area (TPSA) is 38.0 Å². The number of benzene rings is 1. The SMILES string of the molecule is CCc1cc(CC(CO)Cc2ccc(Cl)cc2)n(C)n1. The van der Waals surface area contributed by atoms with Crippen LogP contribution >= 0.6 is 11.6 Å². The highest BCUT2D eigenvalue weighted by atomic mass is 35.5. The Balaban J connectivity index is 2.04. The van der Waals surface area contributed by atoms with Gasteiger partial charge in [-0.3, -0.25) is 4.68 Å². The van der Waals surface area contributed by atoms with Gasteiger partial charge in [0.2, 0.25) is 0 Å². The zero-order valence-corrected chi connectivity index (χ0v) is 12.8. The fourth-order valence-corrected chi connectivity index (χ4v) is 2.51. The second-order valence-electron chi connectivity index (χ2n) is 5.19. The molecule has 1 unspecified atom stereocenters. The summed E-state index contributed by atoms with van der Waals surface area (Å²) in [5.74, 6) is 0.205. The molecule has 20 heavy (non-hydrogen) atoms. The van der Waals surface area contributed by atoms with Gasteiger partial charge in [-0.05, 0) is 48.9 Å². The van der Waals surface area contributed by atoms with Gasteiger partial charge in [0.25, 0.3) is 0 Å².